The van der Waals surface area contributed by atoms with Crippen LogP contribution >= 0.6 is 0 Å². The molecule has 40 valence electrons. The molecule has 0 nitrogen and oxygen atoms in total. The van der Waals surface area contributed by atoms with Crippen LogP contribution in [0.2, 0.25) is 0 Å². The number of rotatable bonds is 2. The first-order chi connectivity index (χ1) is 2.77. The van der Waals surface area contributed by atoms with Gasteiger partial charge in [0, 0.05) is 0 Å². The van der Waals surface area contributed by atoms with Crippen molar-refractivity contribution in [3.63, 3.8) is 0 Å². The van der Waals surface area contributed by atoms with Crippen molar-refractivity contribution in [1.29, 1.82) is 0 Å². The van der Waals surface area contributed by atoms with Gasteiger partial charge in [0.2, 0.25) is 0 Å². The Kier molecular flexibility index (Phi) is 6.70. The molecule has 7 heavy (non-hydrogen) atoms. The van der Waals surface area contributed by atoms with E-state index in [1.54, 1.807) is 0 Å². The van der Waals surface area contributed by atoms with E-state index in [1.165, 1.54) is 0 Å². The van der Waals surface area contributed by atoms with Gasteiger partial charge in [-0.15, -0.1) is 6.42 Å². The molecule has 0 saturated carbocycles. The molecule has 1 atom stereocenters. The van der Waals surface area contributed by atoms with Gasteiger partial charge in [-0.1, -0.05) is 6.92 Å². The van der Waals surface area contributed by atoms with E-state index in [0.29, 0.717) is 5.92 Å². The molecule has 0 aliphatic carbocycles. The largest absolute Gasteiger partial charge is 0.343 e. The minimum Gasteiger partial charge on any atom is -0.343 e. The average molecular weight is 352 g/mol. The summed E-state index contributed by atoms with van der Waals surface area (Å²) in [5.74, 6) is 0.586. The van der Waals surface area contributed by atoms with Crippen molar-refractivity contribution in [2.75, 3.05) is 0 Å². The van der Waals surface area contributed by atoms with Crippen molar-refractivity contribution in [3.8, 4) is 0 Å². The quantitative estimate of drug-likeness (QED) is 0.668. The third kappa shape index (κ3) is 11.2. The van der Waals surface area contributed by atoms with Crippen LogP contribution in [0.4, 0.5) is 0 Å². The summed E-state index contributed by atoms with van der Waals surface area (Å²) in [6, 6.07) is 0. The fraction of sp³-hybridized carbons (Fsp3) is 0.667. The zero-order chi connectivity index (χ0) is 4.99. The van der Waals surface area contributed by atoms with Crippen molar-refractivity contribution in [1.82, 2.24) is 0 Å². The standard InChI is InChI=1S/C6H12.Db/c1-4-5-6(2)3;/h6H,1-2,4-5H2,3H3;/q-2;/t6-;/m1./s1. The molecule has 0 fully saturated rings. The predicted octanol–water partition coefficient (Wildman–Crippen LogP) is 2.07. The van der Waals surface area contributed by atoms with Crippen LogP contribution in [-0.2, 0) is 0 Å². The Morgan fingerprint density at radius 1 is 1.57 bits per heavy atom. The van der Waals surface area contributed by atoms with Gasteiger partial charge in [-0.3, -0.25) is 0 Å². The summed E-state index contributed by atoms with van der Waals surface area (Å²) in [6.07, 6.45) is 2.17. The molecule has 0 spiro atoms. The predicted molar refractivity (Wildman–Crippen MR) is 29.1 cm³/mol. The summed E-state index contributed by atoms with van der Waals surface area (Å²) < 4.78 is 0. The van der Waals surface area contributed by atoms with Gasteiger partial charge in [0.15, 0.2) is 0 Å². The molecule has 0 aliphatic rings. The van der Waals surface area contributed by atoms with Gasteiger partial charge >= 0.3 is 0 Å². The minimum atomic E-state index is 0. The van der Waals surface area contributed by atoms with E-state index in [-0.39, 0.29) is 0 Å². The van der Waals surface area contributed by atoms with Crippen molar-refractivity contribution < 1.29 is 0 Å². The normalized spacial score (nSPS) is 12.4. The molecular formula is C6H12Db-2. The maximum absolute atomic E-state index is 3.79. The fourth-order valence-electron chi connectivity index (χ4n) is 0.348. The van der Waals surface area contributed by atoms with E-state index >= 15 is 0 Å². The van der Waals surface area contributed by atoms with Crippen LogP contribution in [0.5, 0.6) is 0 Å². The maximum Gasteiger partial charge on any atom is 0 e. The van der Waals surface area contributed by atoms with E-state index in [1.807, 2.05) is 0 Å². The molecule has 0 rings (SSSR count). The second-order valence-electron chi connectivity index (χ2n) is 1.75. The number of hydrogen-bond acceptors (Lipinski definition) is 0. The van der Waals surface area contributed by atoms with Crippen LogP contribution in [0.15, 0.2) is 0 Å². The molecule has 0 heterocycles. The summed E-state index contributed by atoms with van der Waals surface area (Å²) in [7, 11) is 0. The zero-order valence-electron chi connectivity index (χ0n) is 5.11. The Balaban J connectivity index is 0. The molecule has 1 heteroatoms. The summed E-state index contributed by atoms with van der Waals surface area (Å²) in [4.78, 5) is 0. The van der Waals surface area contributed by atoms with E-state index in [2.05, 4.69) is 20.8 Å². The second kappa shape index (κ2) is 5.00. The van der Waals surface area contributed by atoms with Crippen LogP contribution in [0.3, 0.4) is 0 Å². The monoisotopic (exact) mass is 352 g/mol. The topological polar surface area (TPSA) is 0 Å². The molecular weight excluding hydrogens is 340 g/mol. The van der Waals surface area contributed by atoms with E-state index in [4.69, 9.17) is 0 Å². The first kappa shape index (κ1) is 9.38. The van der Waals surface area contributed by atoms with Gasteiger partial charge in [-0.2, -0.15) is 12.3 Å². The van der Waals surface area contributed by atoms with Crippen molar-refractivity contribution in [2.24, 2.45) is 5.92 Å². The zero-order valence-corrected chi connectivity index (χ0v) is 11.5. The van der Waals surface area contributed by atoms with Gasteiger partial charge in [-0.25, -0.2) is 0 Å². The van der Waals surface area contributed by atoms with E-state index < -0.39 is 0 Å². The third-order valence-corrected chi connectivity index (χ3v) is 0.697. The summed E-state index contributed by atoms with van der Waals surface area (Å²) >= 11 is 0. The third-order valence-electron chi connectivity index (χ3n) is 0.697. The number of hydrogen-bond donors (Lipinski definition) is 0. The van der Waals surface area contributed by atoms with Crippen LogP contribution < -0.4 is 0 Å². The first-order valence-electron chi connectivity index (χ1n) is 2.39. The Hall–Kier alpha value is -1.00. The van der Waals surface area contributed by atoms with Crippen molar-refractivity contribution >= 4 is 0 Å². The van der Waals surface area contributed by atoms with Crippen molar-refractivity contribution in [3.05, 3.63) is 13.8 Å². The van der Waals surface area contributed by atoms with Gasteiger partial charge in [0.05, 0.1) is 0 Å². The molecule has 0 aromatic carbocycles. The van der Waals surface area contributed by atoms with E-state index in [0.717, 1.165) is 12.8 Å². The van der Waals surface area contributed by atoms with Crippen LogP contribution in [0.25, 0.3) is 0 Å². The SMILES string of the molecule is [CH2-]CC[C@H]([CH2-])C.[Db]. The Labute approximate surface area is 40.6 Å². The molecule has 0 radical (unpaired) electrons. The van der Waals surface area contributed by atoms with Gasteiger partial charge in [0.1, 0.15) is 0 Å². The van der Waals surface area contributed by atoms with Crippen molar-refractivity contribution in [2.45, 2.75) is 19.8 Å². The van der Waals surface area contributed by atoms with Gasteiger partial charge < -0.3 is 13.8 Å². The molecule has 0 bridgehead atoms. The molecule has 0 aromatic rings. The van der Waals surface area contributed by atoms with Gasteiger partial charge in [-0.05, 0) is 0 Å². The summed E-state index contributed by atoms with van der Waals surface area (Å²) in [6.45, 7) is 9.58. The van der Waals surface area contributed by atoms with E-state index in [9.17, 15) is 0 Å². The summed E-state index contributed by atoms with van der Waals surface area (Å²) in [5.41, 5.74) is 0. The fourth-order valence-corrected chi connectivity index (χ4v) is 0.348. The Morgan fingerprint density at radius 2 is 2.00 bits per heavy atom. The Morgan fingerprint density at radius 3 is 2.00 bits per heavy atom. The molecule has 0 unspecified atom stereocenters. The second-order valence-corrected chi connectivity index (χ2v) is 1.75. The Bertz CT molecular complexity index is 25.4. The smallest absolute Gasteiger partial charge is 0 e. The minimum absolute atomic E-state index is 0. The van der Waals surface area contributed by atoms with Crippen LogP contribution in [-0.4, -0.2) is 0 Å². The maximum atomic E-state index is 3.79. The molecule has 0 aliphatic heterocycles. The van der Waals surface area contributed by atoms with Gasteiger partial charge in [0.25, 0.3) is 0 Å². The first-order valence-corrected chi connectivity index (χ1v) is 2.39. The average Bonchev–Trinajstić information content (AvgIpc) is 1.35. The van der Waals surface area contributed by atoms with Crippen LogP contribution in [0.1, 0.15) is 19.8 Å². The van der Waals surface area contributed by atoms with Crippen LogP contribution in [0, 0.1) is 19.8 Å². The molecule has 0 saturated heterocycles. The molecule has 0 aromatic heterocycles. The molecule has 0 N–H and O–H groups in total. The summed E-state index contributed by atoms with van der Waals surface area (Å²) in [5, 5.41) is 0. The molecule has 0 amide bonds.